The summed E-state index contributed by atoms with van der Waals surface area (Å²) in [4.78, 5) is 8.75. The second-order valence-corrected chi connectivity index (χ2v) is 7.69. The van der Waals surface area contributed by atoms with E-state index < -0.39 is 6.36 Å². The SMILES string of the molecule is CN=C(NC1CCc2nc(COC)nn2C1)NC1CC1c1ccccc1OC(F)(F)F.I. The number of halogens is 4. The van der Waals surface area contributed by atoms with Crippen LogP contribution < -0.4 is 15.4 Å². The van der Waals surface area contributed by atoms with Gasteiger partial charge in [0.15, 0.2) is 11.8 Å². The number of guanidine groups is 1. The number of nitrogens with zero attached hydrogens (tertiary/aromatic N) is 4. The van der Waals surface area contributed by atoms with Crippen LogP contribution in [0.1, 0.15) is 36.0 Å². The number of hydrogen-bond donors (Lipinski definition) is 2. The average molecular weight is 566 g/mol. The van der Waals surface area contributed by atoms with E-state index in [1.165, 1.54) is 12.1 Å². The molecular weight excluding hydrogens is 540 g/mol. The third kappa shape index (κ3) is 6.03. The van der Waals surface area contributed by atoms with Gasteiger partial charge in [0.1, 0.15) is 18.2 Å². The first kappa shape index (κ1) is 24.6. The number of aromatic nitrogens is 3. The van der Waals surface area contributed by atoms with E-state index in [2.05, 4.69) is 30.4 Å². The van der Waals surface area contributed by atoms with Crippen LogP contribution in [0, 0.1) is 0 Å². The molecule has 2 heterocycles. The molecule has 32 heavy (non-hydrogen) atoms. The van der Waals surface area contributed by atoms with E-state index in [0.717, 1.165) is 18.7 Å². The summed E-state index contributed by atoms with van der Waals surface area (Å²) in [6.45, 7) is 1.03. The molecule has 1 aromatic carbocycles. The van der Waals surface area contributed by atoms with E-state index in [-0.39, 0.29) is 47.7 Å². The fourth-order valence-corrected chi connectivity index (χ4v) is 3.91. The van der Waals surface area contributed by atoms with Crippen molar-refractivity contribution in [2.45, 2.75) is 56.8 Å². The Kier molecular flexibility index (Phi) is 7.85. The zero-order valence-electron chi connectivity index (χ0n) is 17.7. The molecule has 0 bridgehead atoms. The fraction of sp³-hybridized carbons (Fsp3) is 0.550. The second-order valence-electron chi connectivity index (χ2n) is 7.69. The quantitative estimate of drug-likeness (QED) is 0.318. The zero-order chi connectivity index (χ0) is 22.0. The van der Waals surface area contributed by atoms with Gasteiger partial charge in [0.25, 0.3) is 0 Å². The number of ether oxygens (including phenoxy) is 2. The van der Waals surface area contributed by atoms with Crippen LogP contribution in [-0.2, 0) is 24.3 Å². The summed E-state index contributed by atoms with van der Waals surface area (Å²) < 4.78 is 49.2. The van der Waals surface area contributed by atoms with Gasteiger partial charge in [-0.15, -0.1) is 37.1 Å². The Balaban J connectivity index is 0.00000289. The normalized spacial score (nSPS) is 22.5. The first-order valence-corrected chi connectivity index (χ1v) is 10.1. The number of nitrogens with one attached hydrogen (secondary N) is 2. The van der Waals surface area contributed by atoms with Crippen molar-refractivity contribution >= 4 is 29.9 Å². The molecule has 2 aromatic rings. The standard InChI is InChI=1S/C20H25F3N6O2.HI/c1-24-19(25-12-7-8-18-27-17(11-30-2)28-29(18)10-12)26-15-9-14(15)13-5-3-4-6-16(13)31-20(21,22)23;/h3-6,12,14-15H,7-11H2,1-2H3,(H2,24,25,26);1H. The van der Waals surface area contributed by atoms with Crippen molar-refractivity contribution in [3.05, 3.63) is 41.5 Å². The van der Waals surface area contributed by atoms with Gasteiger partial charge in [-0.05, 0) is 24.5 Å². The van der Waals surface area contributed by atoms with Crippen molar-refractivity contribution in [1.29, 1.82) is 0 Å². The van der Waals surface area contributed by atoms with Crippen LogP contribution in [0.3, 0.4) is 0 Å². The van der Waals surface area contributed by atoms with Crippen LogP contribution in [0.5, 0.6) is 5.75 Å². The van der Waals surface area contributed by atoms with Gasteiger partial charge in [-0.3, -0.25) is 4.99 Å². The molecule has 8 nitrogen and oxygen atoms in total. The minimum atomic E-state index is -4.71. The number of alkyl halides is 3. The molecule has 1 aliphatic carbocycles. The first-order valence-electron chi connectivity index (χ1n) is 10.1. The molecule has 12 heteroatoms. The maximum Gasteiger partial charge on any atom is 0.573 e. The Morgan fingerprint density at radius 2 is 2.06 bits per heavy atom. The van der Waals surface area contributed by atoms with Crippen LogP contribution in [-0.4, -0.2) is 53.3 Å². The molecule has 3 atom stereocenters. The van der Waals surface area contributed by atoms with Crippen LogP contribution in [0.2, 0.25) is 0 Å². The highest BCUT2D eigenvalue weighted by molar-refractivity contribution is 14.0. The van der Waals surface area contributed by atoms with Crippen LogP contribution >= 0.6 is 24.0 Å². The van der Waals surface area contributed by atoms with Gasteiger partial charge >= 0.3 is 6.36 Å². The van der Waals surface area contributed by atoms with Gasteiger partial charge in [-0.1, -0.05) is 18.2 Å². The summed E-state index contributed by atoms with van der Waals surface area (Å²) >= 11 is 0. The highest BCUT2D eigenvalue weighted by Gasteiger charge is 2.42. The van der Waals surface area contributed by atoms with Crippen molar-refractivity contribution in [2.24, 2.45) is 4.99 Å². The summed E-state index contributed by atoms with van der Waals surface area (Å²) in [5.74, 6) is 2.01. The number of rotatable bonds is 6. The molecule has 1 aromatic heterocycles. The predicted molar refractivity (Wildman–Crippen MR) is 122 cm³/mol. The number of fused-ring (bicyclic) bond motifs is 1. The smallest absolute Gasteiger partial charge is 0.405 e. The highest BCUT2D eigenvalue weighted by Crippen LogP contribution is 2.45. The van der Waals surface area contributed by atoms with E-state index in [0.29, 0.717) is 36.9 Å². The van der Waals surface area contributed by atoms with Crippen molar-refractivity contribution in [3.8, 4) is 5.75 Å². The van der Waals surface area contributed by atoms with Crippen LogP contribution in [0.15, 0.2) is 29.3 Å². The number of benzene rings is 1. The molecule has 1 fully saturated rings. The minimum absolute atomic E-state index is 0. The minimum Gasteiger partial charge on any atom is -0.405 e. The molecule has 0 radical (unpaired) electrons. The number of hydrogen-bond acceptors (Lipinski definition) is 5. The Bertz CT molecular complexity index is 952. The molecule has 0 saturated heterocycles. The average Bonchev–Trinajstić information content (AvgIpc) is 3.35. The van der Waals surface area contributed by atoms with E-state index in [9.17, 15) is 13.2 Å². The molecule has 1 aliphatic heterocycles. The Morgan fingerprint density at radius 3 is 2.78 bits per heavy atom. The molecule has 176 valence electrons. The molecule has 0 spiro atoms. The molecule has 2 N–H and O–H groups in total. The fourth-order valence-electron chi connectivity index (χ4n) is 3.91. The van der Waals surface area contributed by atoms with Gasteiger partial charge in [0.2, 0.25) is 0 Å². The molecule has 3 unspecified atom stereocenters. The maximum absolute atomic E-state index is 12.7. The summed E-state index contributed by atoms with van der Waals surface area (Å²) in [6, 6.07) is 6.39. The van der Waals surface area contributed by atoms with Crippen molar-refractivity contribution in [3.63, 3.8) is 0 Å². The Hall–Kier alpha value is -2.09. The van der Waals surface area contributed by atoms with Gasteiger partial charge in [-0.2, -0.15) is 5.10 Å². The summed E-state index contributed by atoms with van der Waals surface area (Å²) in [6.07, 6.45) is -2.34. The van der Waals surface area contributed by atoms with Gasteiger partial charge < -0.3 is 20.1 Å². The third-order valence-electron chi connectivity index (χ3n) is 5.40. The first-order chi connectivity index (χ1) is 14.9. The monoisotopic (exact) mass is 566 g/mol. The van der Waals surface area contributed by atoms with Crippen molar-refractivity contribution in [1.82, 2.24) is 25.4 Å². The van der Waals surface area contributed by atoms with Crippen molar-refractivity contribution in [2.75, 3.05) is 14.2 Å². The summed E-state index contributed by atoms with van der Waals surface area (Å²) in [7, 11) is 3.28. The highest BCUT2D eigenvalue weighted by atomic mass is 127. The van der Waals surface area contributed by atoms with E-state index in [1.807, 2.05) is 4.68 Å². The van der Waals surface area contributed by atoms with E-state index >= 15 is 0 Å². The third-order valence-corrected chi connectivity index (χ3v) is 5.40. The lowest BCUT2D eigenvalue weighted by Crippen LogP contribution is -2.47. The lowest BCUT2D eigenvalue weighted by molar-refractivity contribution is -0.274. The Morgan fingerprint density at radius 1 is 1.28 bits per heavy atom. The molecule has 1 saturated carbocycles. The molecular formula is C20H26F3IN6O2. The van der Waals surface area contributed by atoms with Crippen LogP contribution in [0.25, 0.3) is 0 Å². The number of aliphatic imine (C=N–C) groups is 1. The van der Waals surface area contributed by atoms with Gasteiger partial charge in [-0.25, -0.2) is 9.67 Å². The van der Waals surface area contributed by atoms with Gasteiger partial charge in [0.05, 0.1) is 6.54 Å². The zero-order valence-corrected chi connectivity index (χ0v) is 20.1. The van der Waals surface area contributed by atoms with E-state index in [1.54, 1.807) is 26.3 Å². The molecule has 2 aliphatic rings. The lowest BCUT2D eigenvalue weighted by Gasteiger charge is -2.25. The maximum atomic E-state index is 12.7. The lowest BCUT2D eigenvalue weighted by atomic mass is 10.1. The number of methoxy groups -OCH3 is 1. The molecule has 4 rings (SSSR count). The van der Waals surface area contributed by atoms with E-state index in [4.69, 9.17) is 4.74 Å². The second kappa shape index (κ2) is 10.2. The topological polar surface area (TPSA) is 85.6 Å². The van der Waals surface area contributed by atoms with Crippen LogP contribution in [0.4, 0.5) is 13.2 Å². The number of aryl methyl sites for hydroxylation is 1. The number of para-hydroxylation sites is 1. The summed E-state index contributed by atoms with van der Waals surface area (Å²) in [5, 5.41) is 11.2. The van der Waals surface area contributed by atoms with Crippen molar-refractivity contribution < 1.29 is 22.6 Å². The molecule has 0 amide bonds. The predicted octanol–water partition coefficient (Wildman–Crippen LogP) is 2.98. The Labute approximate surface area is 201 Å². The largest absolute Gasteiger partial charge is 0.573 e. The summed E-state index contributed by atoms with van der Waals surface area (Å²) in [5.41, 5.74) is 0.545. The van der Waals surface area contributed by atoms with Gasteiger partial charge in [0, 0.05) is 38.6 Å².